The van der Waals surface area contributed by atoms with Gasteiger partial charge in [0, 0.05) is 26.4 Å². The van der Waals surface area contributed by atoms with Crippen LogP contribution >= 0.6 is 0 Å². The van der Waals surface area contributed by atoms with Gasteiger partial charge in [-0.15, -0.1) is 0 Å². The molecule has 1 aromatic rings. The summed E-state index contributed by atoms with van der Waals surface area (Å²) < 4.78 is 1.74. The topological polar surface area (TPSA) is 59.8 Å². The minimum Gasteiger partial charge on any atom is -0.306 e. The Hall–Kier alpha value is -1.23. The fraction of sp³-hybridized carbons (Fsp3) is 0.667. The van der Waals surface area contributed by atoms with E-state index in [9.17, 15) is 4.79 Å². The van der Waals surface area contributed by atoms with Crippen molar-refractivity contribution in [2.75, 3.05) is 6.54 Å². The number of hydrogen-bond acceptors (Lipinski definition) is 4. The number of carbonyl (C=O) groups excluding carboxylic acids is 1. The lowest BCUT2D eigenvalue weighted by Crippen LogP contribution is -2.33. The number of aromatic nitrogens is 3. The second-order valence-electron chi connectivity index (χ2n) is 3.64. The van der Waals surface area contributed by atoms with Gasteiger partial charge in [0.1, 0.15) is 17.4 Å². The number of aryl methyl sites for hydroxylation is 2. The van der Waals surface area contributed by atoms with E-state index in [-0.39, 0.29) is 6.04 Å². The third kappa shape index (κ3) is 1.68. The van der Waals surface area contributed by atoms with Gasteiger partial charge in [-0.3, -0.25) is 9.48 Å². The van der Waals surface area contributed by atoms with Crippen molar-refractivity contribution in [3.63, 3.8) is 0 Å². The molecule has 1 aromatic heterocycles. The average Bonchev–Trinajstić information content (AvgIpc) is 2.45. The molecule has 1 unspecified atom stereocenters. The molecular weight excluding hydrogens is 180 g/mol. The van der Waals surface area contributed by atoms with Gasteiger partial charge in [0.25, 0.3) is 0 Å². The number of piperidine rings is 1. The summed E-state index contributed by atoms with van der Waals surface area (Å²) in [5.74, 6) is 1.91. The van der Waals surface area contributed by atoms with Gasteiger partial charge in [0.2, 0.25) is 0 Å². The molecule has 1 saturated heterocycles. The Kier molecular flexibility index (Phi) is 2.33. The van der Waals surface area contributed by atoms with E-state index in [4.69, 9.17) is 0 Å². The SMILES string of the molecule is Cc1nc(C2CC(=O)CCN2)n(C)n1. The highest BCUT2D eigenvalue weighted by atomic mass is 16.1. The zero-order valence-corrected chi connectivity index (χ0v) is 8.45. The molecule has 0 aliphatic carbocycles. The minimum absolute atomic E-state index is 0.0439. The van der Waals surface area contributed by atoms with Gasteiger partial charge in [-0.1, -0.05) is 0 Å². The lowest BCUT2D eigenvalue weighted by molar-refractivity contribution is -0.120. The highest BCUT2D eigenvalue weighted by molar-refractivity contribution is 5.80. The molecule has 0 aromatic carbocycles. The second-order valence-corrected chi connectivity index (χ2v) is 3.64. The van der Waals surface area contributed by atoms with Crippen LogP contribution in [0.5, 0.6) is 0 Å². The molecule has 2 heterocycles. The van der Waals surface area contributed by atoms with Crippen LogP contribution in [0.2, 0.25) is 0 Å². The summed E-state index contributed by atoms with van der Waals surface area (Å²) >= 11 is 0. The molecule has 0 amide bonds. The van der Waals surface area contributed by atoms with Gasteiger partial charge in [0.15, 0.2) is 0 Å². The normalized spacial score (nSPS) is 22.7. The number of nitrogens with zero attached hydrogens (tertiary/aromatic N) is 3. The molecule has 2 rings (SSSR count). The summed E-state index contributed by atoms with van der Waals surface area (Å²) in [4.78, 5) is 15.6. The van der Waals surface area contributed by atoms with Gasteiger partial charge in [0.05, 0.1) is 6.04 Å². The van der Waals surface area contributed by atoms with E-state index < -0.39 is 0 Å². The lowest BCUT2D eigenvalue weighted by Gasteiger charge is -2.21. The Morgan fingerprint density at radius 1 is 1.57 bits per heavy atom. The molecular formula is C9H14N4O. The Morgan fingerprint density at radius 3 is 2.93 bits per heavy atom. The Bertz CT molecular complexity index is 358. The molecule has 1 atom stereocenters. The number of nitrogens with one attached hydrogen (secondary N) is 1. The lowest BCUT2D eigenvalue weighted by atomic mass is 10.0. The van der Waals surface area contributed by atoms with E-state index in [2.05, 4.69) is 15.4 Å². The number of hydrogen-bond donors (Lipinski definition) is 1. The van der Waals surface area contributed by atoms with Gasteiger partial charge >= 0.3 is 0 Å². The Labute approximate surface area is 82.5 Å². The van der Waals surface area contributed by atoms with Crippen LogP contribution in [0.25, 0.3) is 0 Å². The minimum atomic E-state index is 0.0439. The summed E-state index contributed by atoms with van der Waals surface area (Å²) in [7, 11) is 1.86. The highest BCUT2D eigenvalue weighted by Crippen LogP contribution is 2.18. The first-order chi connectivity index (χ1) is 6.66. The van der Waals surface area contributed by atoms with E-state index in [1.54, 1.807) is 4.68 Å². The summed E-state index contributed by atoms with van der Waals surface area (Å²) in [6, 6.07) is 0.0439. The Balaban J connectivity index is 2.21. The fourth-order valence-electron chi connectivity index (χ4n) is 1.80. The van der Waals surface area contributed by atoms with Crippen LogP contribution in [-0.2, 0) is 11.8 Å². The van der Waals surface area contributed by atoms with Crippen LogP contribution < -0.4 is 5.32 Å². The molecule has 0 spiro atoms. The van der Waals surface area contributed by atoms with Crippen LogP contribution in [0.15, 0.2) is 0 Å². The molecule has 1 aliphatic rings. The van der Waals surface area contributed by atoms with Crippen molar-refractivity contribution in [1.82, 2.24) is 20.1 Å². The predicted molar refractivity (Wildman–Crippen MR) is 50.7 cm³/mol. The van der Waals surface area contributed by atoms with E-state index in [1.165, 1.54) is 0 Å². The zero-order valence-electron chi connectivity index (χ0n) is 8.45. The molecule has 1 N–H and O–H groups in total. The molecule has 0 saturated carbocycles. The molecule has 1 aliphatic heterocycles. The summed E-state index contributed by atoms with van der Waals surface area (Å²) in [5, 5.41) is 7.44. The third-order valence-electron chi connectivity index (χ3n) is 2.44. The molecule has 76 valence electrons. The van der Waals surface area contributed by atoms with Crippen molar-refractivity contribution in [1.29, 1.82) is 0 Å². The summed E-state index contributed by atoms with van der Waals surface area (Å²) in [6.07, 6.45) is 1.17. The predicted octanol–water partition coefficient (Wildman–Crippen LogP) is 0.117. The Morgan fingerprint density at radius 2 is 2.36 bits per heavy atom. The molecule has 14 heavy (non-hydrogen) atoms. The third-order valence-corrected chi connectivity index (χ3v) is 2.44. The van der Waals surface area contributed by atoms with E-state index in [0.717, 1.165) is 18.2 Å². The van der Waals surface area contributed by atoms with E-state index in [1.807, 2.05) is 14.0 Å². The standard InChI is InChI=1S/C9H14N4O/c1-6-11-9(13(2)12-6)8-5-7(14)3-4-10-8/h8,10H,3-5H2,1-2H3. The van der Waals surface area contributed by atoms with Gasteiger partial charge in [-0.05, 0) is 6.92 Å². The maximum Gasteiger partial charge on any atom is 0.147 e. The monoisotopic (exact) mass is 194 g/mol. The van der Waals surface area contributed by atoms with Crippen molar-refractivity contribution >= 4 is 5.78 Å². The molecule has 5 nitrogen and oxygen atoms in total. The second kappa shape index (κ2) is 3.49. The smallest absolute Gasteiger partial charge is 0.147 e. The highest BCUT2D eigenvalue weighted by Gasteiger charge is 2.24. The van der Waals surface area contributed by atoms with E-state index in [0.29, 0.717) is 18.6 Å². The maximum absolute atomic E-state index is 11.3. The molecule has 1 fully saturated rings. The number of Topliss-reactive ketones (excluding diaryl/α,β-unsaturated/α-hetero) is 1. The summed E-state index contributed by atoms with van der Waals surface area (Å²) in [5.41, 5.74) is 0. The van der Waals surface area contributed by atoms with E-state index >= 15 is 0 Å². The van der Waals surface area contributed by atoms with Crippen LogP contribution in [0.1, 0.15) is 30.5 Å². The number of rotatable bonds is 1. The largest absolute Gasteiger partial charge is 0.306 e. The van der Waals surface area contributed by atoms with Crippen molar-refractivity contribution in [3.8, 4) is 0 Å². The molecule has 0 radical (unpaired) electrons. The van der Waals surface area contributed by atoms with Crippen molar-refractivity contribution < 1.29 is 4.79 Å². The van der Waals surface area contributed by atoms with Gasteiger partial charge in [-0.25, -0.2) is 4.98 Å². The van der Waals surface area contributed by atoms with Crippen LogP contribution in [-0.4, -0.2) is 27.1 Å². The fourth-order valence-corrected chi connectivity index (χ4v) is 1.80. The molecule has 5 heteroatoms. The first kappa shape index (κ1) is 9.33. The van der Waals surface area contributed by atoms with Crippen molar-refractivity contribution in [3.05, 3.63) is 11.6 Å². The van der Waals surface area contributed by atoms with Crippen molar-refractivity contribution in [2.45, 2.75) is 25.8 Å². The number of carbonyl (C=O) groups is 1. The first-order valence-corrected chi connectivity index (χ1v) is 4.79. The maximum atomic E-state index is 11.3. The first-order valence-electron chi connectivity index (χ1n) is 4.79. The average molecular weight is 194 g/mol. The van der Waals surface area contributed by atoms with Crippen LogP contribution in [0.3, 0.4) is 0 Å². The van der Waals surface area contributed by atoms with Crippen molar-refractivity contribution in [2.24, 2.45) is 7.05 Å². The zero-order chi connectivity index (χ0) is 10.1. The summed E-state index contributed by atoms with van der Waals surface area (Å²) in [6.45, 7) is 2.60. The quantitative estimate of drug-likeness (QED) is 0.689. The van der Waals surface area contributed by atoms with Gasteiger partial charge < -0.3 is 5.32 Å². The number of ketones is 1. The molecule has 0 bridgehead atoms. The van der Waals surface area contributed by atoms with Crippen LogP contribution in [0.4, 0.5) is 0 Å². The van der Waals surface area contributed by atoms with Gasteiger partial charge in [-0.2, -0.15) is 5.10 Å². The van der Waals surface area contributed by atoms with Crippen LogP contribution in [0, 0.1) is 6.92 Å².